The molecule has 0 aliphatic carbocycles. The number of rotatable bonds is 0. The predicted molar refractivity (Wildman–Crippen MR) is 109 cm³/mol. The standard InChI is InChI=1S/C23H15NO2S/c1-24-20-9-5-4-8-16(20)17-12-19-18-10-14-6-2-3-7-15(14)11-22(18)27(25,26)23(19)13-21(17)24/h2-13H,1H3. The highest BCUT2D eigenvalue weighted by Gasteiger charge is 2.34. The molecule has 0 unspecified atom stereocenters. The summed E-state index contributed by atoms with van der Waals surface area (Å²) >= 11 is 0. The van der Waals surface area contributed by atoms with Crippen molar-refractivity contribution in [3.63, 3.8) is 0 Å². The van der Waals surface area contributed by atoms with Gasteiger partial charge in [0, 0.05) is 34.5 Å². The summed E-state index contributed by atoms with van der Waals surface area (Å²) in [5.41, 5.74) is 3.65. The third-order valence-corrected chi connectivity index (χ3v) is 7.57. The number of hydrogen-bond acceptors (Lipinski definition) is 2. The van der Waals surface area contributed by atoms with Crippen LogP contribution in [0.2, 0.25) is 0 Å². The highest BCUT2D eigenvalue weighted by Crippen LogP contribution is 2.47. The maximum Gasteiger partial charge on any atom is 0.207 e. The molecular formula is C23H15NO2S. The highest BCUT2D eigenvalue weighted by atomic mass is 32.2. The van der Waals surface area contributed by atoms with Gasteiger partial charge in [-0.2, -0.15) is 0 Å². The van der Waals surface area contributed by atoms with E-state index in [1.807, 2.05) is 67.7 Å². The first-order valence-electron chi connectivity index (χ1n) is 8.85. The van der Waals surface area contributed by atoms with Gasteiger partial charge in [0.15, 0.2) is 0 Å². The predicted octanol–water partition coefficient (Wildman–Crippen LogP) is 5.30. The van der Waals surface area contributed by atoms with Gasteiger partial charge in [0.05, 0.1) is 15.3 Å². The van der Waals surface area contributed by atoms with Gasteiger partial charge >= 0.3 is 0 Å². The topological polar surface area (TPSA) is 39.1 Å². The molecule has 4 heteroatoms. The number of sulfone groups is 1. The molecule has 27 heavy (non-hydrogen) atoms. The molecule has 130 valence electrons. The minimum absolute atomic E-state index is 0.409. The Labute approximate surface area is 156 Å². The minimum atomic E-state index is -3.52. The monoisotopic (exact) mass is 369 g/mol. The molecule has 0 atom stereocenters. The van der Waals surface area contributed by atoms with Gasteiger partial charge in [0.2, 0.25) is 9.84 Å². The minimum Gasteiger partial charge on any atom is -0.344 e. The quantitative estimate of drug-likeness (QED) is 0.364. The fourth-order valence-corrected chi connectivity index (χ4v) is 6.09. The summed E-state index contributed by atoms with van der Waals surface area (Å²) in [5.74, 6) is 0. The number of aromatic nitrogens is 1. The Kier molecular flexibility index (Phi) is 2.66. The lowest BCUT2D eigenvalue weighted by atomic mass is 9.99. The van der Waals surface area contributed by atoms with Crippen molar-refractivity contribution in [1.29, 1.82) is 0 Å². The zero-order valence-electron chi connectivity index (χ0n) is 14.6. The second kappa shape index (κ2) is 4.78. The van der Waals surface area contributed by atoms with Gasteiger partial charge in [-0.1, -0.05) is 42.5 Å². The van der Waals surface area contributed by atoms with E-state index in [-0.39, 0.29) is 0 Å². The summed E-state index contributed by atoms with van der Waals surface area (Å²) in [6.07, 6.45) is 0. The summed E-state index contributed by atoms with van der Waals surface area (Å²) in [4.78, 5) is 0.821. The molecule has 2 heterocycles. The molecule has 6 rings (SSSR count). The SMILES string of the molecule is Cn1c2ccccc2c2cc3c(cc21)S(=O)(=O)c1cc2ccccc2cc1-3. The number of fused-ring (bicyclic) bond motifs is 7. The van der Waals surface area contributed by atoms with E-state index >= 15 is 0 Å². The molecule has 1 aromatic heterocycles. The van der Waals surface area contributed by atoms with Crippen LogP contribution in [0.4, 0.5) is 0 Å². The van der Waals surface area contributed by atoms with Gasteiger partial charge in [0.25, 0.3) is 0 Å². The van der Waals surface area contributed by atoms with E-state index in [1.54, 1.807) is 0 Å². The molecule has 0 fully saturated rings. The Morgan fingerprint density at radius 3 is 2.11 bits per heavy atom. The smallest absolute Gasteiger partial charge is 0.207 e. The van der Waals surface area contributed by atoms with Crippen molar-refractivity contribution in [2.45, 2.75) is 9.79 Å². The maximum absolute atomic E-state index is 13.3. The second-order valence-corrected chi connectivity index (χ2v) is 9.03. The molecule has 5 aromatic rings. The van der Waals surface area contributed by atoms with Gasteiger partial charge in [-0.3, -0.25) is 0 Å². The molecule has 0 N–H and O–H groups in total. The summed E-state index contributed by atoms with van der Waals surface area (Å²) in [7, 11) is -1.53. The molecule has 1 aliphatic heterocycles. The Bertz CT molecular complexity index is 1540. The molecule has 4 aromatic carbocycles. The van der Waals surface area contributed by atoms with Crippen LogP contribution in [-0.4, -0.2) is 13.0 Å². The summed E-state index contributed by atoms with van der Waals surface area (Å²) in [5, 5.41) is 4.23. The van der Waals surface area contributed by atoms with Crippen molar-refractivity contribution in [1.82, 2.24) is 4.57 Å². The second-order valence-electron chi connectivity index (χ2n) is 7.14. The van der Waals surface area contributed by atoms with E-state index in [9.17, 15) is 8.42 Å². The molecule has 0 spiro atoms. The fourth-order valence-electron chi connectivity index (χ4n) is 4.39. The van der Waals surface area contributed by atoms with Gasteiger partial charge in [-0.15, -0.1) is 0 Å². The van der Waals surface area contributed by atoms with Crippen LogP contribution in [0.5, 0.6) is 0 Å². The van der Waals surface area contributed by atoms with Gasteiger partial charge < -0.3 is 4.57 Å². The van der Waals surface area contributed by atoms with Crippen molar-refractivity contribution in [3.8, 4) is 11.1 Å². The van der Waals surface area contributed by atoms with E-state index in [2.05, 4.69) is 16.7 Å². The van der Waals surface area contributed by atoms with E-state index in [0.717, 1.165) is 43.7 Å². The molecule has 0 radical (unpaired) electrons. The lowest BCUT2D eigenvalue weighted by Crippen LogP contribution is -1.97. The van der Waals surface area contributed by atoms with Crippen molar-refractivity contribution in [3.05, 3.63) is 72.8 Å². The van der Waals surface area contributed by atoms with Crippen LogP contribution in [0.1, 0.15) is 0 Å². The first-order chi connectivity index (χ1) is 13.1. The normalized spacial score (nSPS) is 14.7. The van der Waals surface area contributed by atoms with Crippen LogP contribution in [0, 0.1) is 0 Å². The third kappa shape index (κ3) is 1.78. The summed E-state index contributed by atoms with van der Waals surface area (Å²) in [6, 6.07) is 23.8. The van der Waals surface area contributed by atoms with Crippen molar-refractivity contribution < 1.29 is 8.42 Å². The lowest BCUT2D eigenvalue weighted by molar-refractivity contribution is 0.599. The average molecular weight is 369 g/mol. The van der Waals surface area contributed by atoms with Crippen LogP contribution in [0.25, 0.3) is 43.7 Å². The molecule has 1 aliphatic rings. The highest BCUT2D eigenvalue weighted by molar-refractivity contribution is 7.92. The summed E-state index contributed by atoms with van der Waals surface area (Å²) in [6.45, 7) is 0. The fraction of sp³-hybridized carbons (Fsp3) is 0.0435. The first-order valence-corrected chi connectivity index (χ1v) is 10.3. The van der Waals surface area contributed by atoms with Crippen LogP contribution in [0.15, 0.2) is 82.6 Å². The molecular weight excluding hydrogens is 354 g/mol. The van der Waals surface area contributed by atoms with E-state index < -0.39 is 9.84 Å². The average Bonchev–Trinajstić information content (AvgIpc) is 3.09. The van der Waals surface area contributed by atoms with Gasteiger partial charge in [-0.05, 0) is 41.1 Å². The summed E-state index contributed by atoms with van der Waals surface area (Å²) < 4.78 is 28.6. The first kappa shape index (κ1) is 15.0. The Balaban J connectivity index is 1.81. The third-order valence-electron chi connectivity index (χ3n) is 5.73. The van der Waals surface area contributed by atoms with Crippen molar-refractivity contribution >= 4 is 42.4 Å². The molecule has 0 bridgehead atoms. The largest absolute Gasteiger partial charge is 0.344 e. The lowest BCUT2D eigenvalue weighted by Gasteiger charge is -2.03. The van der Waals surface area contributed by atoms with E-state index in [0.29, 0.717) is 9.79 Å². The maximum atomic E-state index is 13.3. The van der Waals surface area contributed by atoms with Crippen LogP contribution < -0.4 is 0 Å². The van der Waals surface area contributed by atoms with E-state index in [1.165, 1.54) is 0 Å². The molecule has 0 amide bonds. The number of aryl methyl sites for hydroxylation is 1. The zero-order valence-corrected chi connectivity index (χ0v) is 15.4. The number of hydrogen-bond donors (Lipinski definition) is 0. The Morgan fingerprint density at radius 2 is 1.30 bits per heavy atom. The molecule has 0 saturated heterocycles. The van der Waals surface area contributed by atoms with Crippen molar-refractivity contribution in [2.24, 2.45) is 7.05 Å². The van der Waals surface area contributed by atoms with Crippen LogP contribution in [-0.2, 0) is 16.9 Å². The number of benzene rings is 4. The number of nitrogens with zero attached hydrogens (tertiary/aromatic N) is 1. The van der Waals surface area contributed by atoms with Crippen LogP contribution in [0.3, 0.4) is 0 Å². The van der Waals surface area contributed by atoms with Gasteiger partial charge in [-0.25, -0.2) is 8.42 Å². The van der Waals surface area contributed by atoms with Crippen LogP contribution >= 0.6 is 0 Å². The molecule has 3 nitrogen and oxygen atoms in total. The Morgan fingerprint density at radius 1 is 0.667 bits per heavy atom. The molecule has 0 saturated carbocycles. The van der Waals surface area contributed by atoms with Crippen molar-refractivity contribution in [2.75, 3.05) is 0 Å². The number of para-hydroxylation sites is 1. The van der Waals surface area contributed by atoms with E-state index in [4.69, 9.17) is 0 Å². The zero-order chi connectivity index (χ0) is 18.3. The van der Waals surface area contributed by atoms with Gasteiger partial charge in [0.1, 0.15) is 0 Å². The Hall–Kier alpha value is -3.11.